The lowest BCUT2D eigenvalue weighted by molar-refractivity contribution is 0.0636. The molecule has 0 atom stereocenters. The van der Waals surface area contributed by atoms with E-state index in [1.165, 1.54) is 0 Å². The van der Waals surface area contributed by atoms with Gasteiger partial charge in [0.2, 0.25) is 0 Å². The molecule has 1 aliphatic rings. The van der Waals surface area contributed by atoms with Gasteiger partial charge in [0, 0.05) is 19.8 Å². The summed E-state index contributed by atoms with van der Waals surface area (Å²) in [6, 6.07) is 5.06. The molecule has 1 amide bonds. The maximum Gasteiger partial charge on any atom is 0.269 e. The Balaban J connectivity index is 0.00000180. The highest BCUT2D eigenvalue weighted by atomic mass is 35.5. The van der Waals surface area contributed by atoms with E-state index in [-0.39, 0.29) is 18.3 Å². The summed E-state index contributed by atoms with van der Waals surface area (Å²) in [4.78, 5) is 15.8. The number of hydrogen-bond acceptors (Lipinski definition) is 4. The van der Waals surface area contributed by atoms with Crippen molar-refractivity contribution in [2.24, 2.45) is 5.92 Å². The number of aromatic nitrogens is 1. The van der Waals surface area contributed by atoms with Crippen LogP contribution in [0.25, 0.3) is 0 Å². The zero-order valence-corrected chi connectivity index (χ0v) is 11.6. The molecule has 0 spiro atoms. The summed E-state index contributed by atoms with van der Waals surface area (Å²) >= 11 is 0. The first-order valence-electron chi connectivity index (χ1n) is 6.34. The molecule has 1 fully saturated rings. The minimum atomic E-state index is -0.158. The normalized spacial score (nSPS) is 15.6. The van der Waals surface area contributed by atoms with Crippen LogP contribution >= 0.6 is 12.4 Å². The first-order chi connectivity index (χ1) is 8.75. The van der Waals surface area contributed by atoms with Gasteiger partial charge in [-0.05, 0) is 37.3 Å². The van der Waals surface area contributed by atoms with Crippen molar-refractivity contribution in [1.82, 2.24) is 10.3 Å². The quantitative estimate of drug-likeness (QED) is 0.881. The summed E-state index contributed by atoms with van der Waals surface area (Å²) in [5.74, 6) is 0.870. The van der Waals surface area contributed by atoms with Gasteiger partial charge in [-0.2, -0.15) is 0 Å². The highest BCUT2D eigenvalue weighted by molar-refractivity contribution is 5.92. The second kappa shape index (κ2) is 7.96. The van der Waals surface area contributed by atoms with Crippen molar-refractivity contribution in [3.63, 3.8) is 0 Å². The average Bonchev–Trinajstić information content (AvgIpc) is 2.40. The van der Waals surface area contributed by atoms with Crippen LogP contribution in [0.15, 0.2) is 18.2 Å². The Bertz CT molecular complexity index is 409. The van der Waals surface area contributed by atoms with E-state index < -0.39 is 0 Å². The van der Waals surface area contributed by atoms with Gasteiger partial charge in [0.15, 0.2) is 0 Å². The average molecular weight is 286 g/mol. The van der Waals surface area contributed by atoms with E-state index in [2.05, 4.69) is 10.3 Å². The number of hydrogen-bond donors (Lipinski definition) is 2. The number of nitrogens with one attached hydrogen (secondary N) is 1. The lowest BCUT2D eigenvalue weighted by atomic mass is 9.97. The predicted octanol–water partition coefficient (Wildman–Crippen LogP) is 1.63. The molecule has 0 radical (unpaired) electrons. The van der Waals surface area contributed by atoms with Gasteiger partial charge in [0.25, 0.3) is 5.91 Å². The summed E-state index contributed by atoms with van der Waals surface area (Å²) in [6.45, 7) is 2.37. The third-order valence-corrected chi connectivity index (χ3v) is 3.18. The minimum Gasteiger partial charge on any atom is -0.384 e. The molecular weight excluding hydrogens is 266 g/mol. The molecule has 1 aromatic heterocycles. The van der Waals surface area contributed by atoms with Crippen molar-refractivity contribution >= 4 is 24.1 Å². The number of pyridine rings is 1. The SMILES string of the molecule is Cl.Nc1cccc(C(=O)NCCC2CCOCC2)n1. The smallest absolute Gasteiger partial charge is 0.269 e. The van der Waals surface area contributed by atoms with E-state index in [9.17, 15) is 4.79 Å². The summed E-state index contributed by atoms with van der Waals surface area (Å²) in [5.41, 5.74) is 5.91. The van der Waals surface area contributed by atoms with Gasteiger partial charge in [-0.1, -0.05) is 6.07 Å². The van der Waals surface area contributed by atoms with Crippen molar-refractivity contribution in [2.45, 2.75) is 19.3 Å². The van der Waals surface area contributed by atoms with Crippen molar-refractivity contribution in [3.05, 3.63) is 23.9 Å². The van der Waals surface area contributed by atoms with Gasteiger partial charge >= 0.3 is 0 Å². The third kappa shape index (κ3) is 5.04. The van der Waals surface area contributed by atoms with Gasteiger partial charge < -0.3 is 15.8 Å². The fourth-order valence-corrected chi connectivity index (χ4v) is 2.09. The standard InChI is InChI=1S/C13H19N3O2.ClH/c14-12-3-1-2-11(16-12)13(17)15-7-4-10-5-8-18-9-6-10;/h1-3,10H,4-9H2,(H2,14,16)(H,15,17);1H. The monoisotopic (exact) mass is 285 g/mol. The molecule has 0 saturated carbocycles. The van der Waals surface area contributed by atoms with Crippen LogP contribution in [0, 0.1) is 5.92 Å². The first-order valence-corrected chi connectivity index (χ1v) is 6.34. The van der Waals surface area contributed by atoms with Crippen LogP contribution in [0.4, 0.5) is 5.82 Å². The van der Waals surface area contributed by atoms with Crippen LogP contribution in [0.2, 0.25) is 0 Å². The number of amides is 1. The Morgan fingerprint density at radius 2 is 2.16 bits per heavy atom. The summed E-state index contributed by atoms with van der Waals surface area (Å²) in [6.07, 6.45) is 3.18. The highest BCUT2D eigenvalue weighted by Crippen LogP contribution is 2.17. The molecule has 3 N–H and O–H groups in total. The van der Waals surface area contributed by atoms with E-state index in [0.717, 1.165) is 32.5 Å². The molecule has 0 aromatic carbocycles. The second-order valence-electron chi connectivity index (χ2n) is 4.55. The Kier molecular flexibility index (Phi) is 6.59. The molecule has 106 valence electrons. The fourth-order valence-electron chi connectivity index (χ4n) is 2.09. The summed E-state index contributed by atoms with van der Waals surface area (Å²) in [7, 11) is 0. The van der Waals surface area contributed by atoms with Crippen LogP contribution in [0.5, 0.6) is 0 Å². The molecule has 0 bridgehead atoms. The lowest BCUT2D eigenvalue weighted by Crippen LogP contribution is -2.28. The molecule has 5 nitrogen and oxygen atoms in total. The summed E-state index contributed by atoms with van der Waals surface area (Å²) < 4.78 is 5.30. The molecule has 0 unspecified atom stereocenters. The van der Waals surface area contributed by atoms with Crippen LogP contribution < -0.4 is 11.1 Å². The van der Waals surface area contributed by atoms with Crippen molar-refractivity contribution in [1.29, 1.82) is 0 Å². The van der Waals surface area contributed by atoms with Gasteiger partial charge in [0.05, 0.1) is 0 Å². The number of ether oxygens (including phenoxy) is 1. The molecule has 1 aromatic rings. The Morgan fingerprint density at radius 3 is 2.84 bits per heavy atom. The van der Waals surface area contributed by atoms with Crippen molar-refractivity contribution in [2.75, 3.05) is 25.5 Å². The van der Waals surface area contributed by atoms with Crippen molar-refractivity contribution in [3.8, 4) is 0 Å². The molecular formula is C13H20ClN3O2. The Hall–Kier alpha value is -1.33. The molecule has 1 saturated heterocycles. The number of anilines is 1. The van der Waals surface area contributed by atoms with Crippen LogP contribution in [-0.4, -0.2) is 30.6 Å². The zero-order chi connectivity index (χ0) is 12.8. The van der Waals surface area contributed by atoms with Crippen molar-refractivity contribution < 1.29 is 9.53 Å². The maximum absolute atomic E-state index is 11.8. The zero-order valence-electron chi connectivity index (χ0n) is 10.8. The number of nitrogen functional groups attached to an aromatic ring is 1. The Labute approximate surface area is 119 Å². The fraction of sp³-hybridized carbons (Fsp3) is 0.538. The van der Waals surface area contributed by atoms with Gasteiger partial charge in [0.1, 0.15) is 11.5 Å². The van der Waals surface area contributed by atoms with Gasteiger partial charge in [-0.3, -0.25) is 4.79 Å². The van der Waals surface area contributed by atoms with Crippen LogP contribution in [0.3, 0.4) is 0 Å². The number of rotatable bonds is 4. The number of carbonyl (C=O) groups excluding carboxylic acids is 1. The van der Waals surface area contributed by atoms with E-state index in [1.807, 2.05) is 0 Å². The third-order valence-electron chi connectivity index (χ3n) is 3.18. The predicted molar refractivity (Wildman–Crippen MR) is 76.4 cm³/mol. The largest absolute Gasteiger partial charge is 0.384 e. The molecule has 6 heteroatoms. The minimum absolute atomic E-state index is 0. The van der Waals surface area contributed by atoms with E-state index in [4.69, 9.17) is 10.5 Å². The first kappa shape index (κ1) is 15.7. The topological polar surface area (TPSA) is 77.2 Å². The lowest BCUT2D eigenvalue weighted by Gasteiger charge is -2.21. The molecule has 2 heterocycles. The molecule has 2 rings (SSSR count). The maximum atomic E-state index is 11.8. The molecule has 19 heavy (non-hydrogen) atoms. The number of nitrogens with zero attached hydrogens (tertiary/aromatic N) is 1. The number of carbonyl (C=O) groups is 1. The highest BCUT2D eigenvalue weighted by Gasteiger charge is 2.14. The van der Waals surface area contributed by atoms with Crippen LogP contribution in [-0.2, 0) is 4.74 Å². The van der Waals surface area contributed by atoms with E-state index in [0.29, 0.717) is 24.0 Å². The van der Waals surface area contributed by atoms with Gasteiger partial charge in [-0.25, -0.2) is 4.98 Å². The second-order valence-corrected chi connectivity index (χ2v) is 4.55. The van der Waals surface area contributed by atoms with Crippen LogP contribution in [0.1, 0.15) is 29.8 Å². The molecule has 1 aliphatic heterocycles. The number of nitrogens with two attached hydrogens (primary N) is 1. The van der Waals surface area contributed by atoms with E-state index >= 15 is 0 Å². The number of halogens is 1. The van der Waals surface area contributed by atoms with Gasteiger partial charge in [-0.15, -0.1) is 12.4 Å². The van der Waals surface area contributed by atoms with E-state index in [1.54, 1.807) is 18.2 Å². The summed E-state index contributed by atoms with van der Waals surface area (Å²) in [5, 5.41) is 2.88. The Morgan fingerprint density at radius 1 is 1.42 bits per heavy atom. The molecule has 0 aliphatic carbocycles.